The molecule has 0 aromatic rings. The summed E-state index contributed by atoms with van der Waals surface area (Å²) < 4.78 is 5.23. The first-order chi connectivity index (χ1) is 8.60. The summed E-state index contributed by atoms with van der Waals surface area (Å²) in [6, 6.07) is 0.0554. The van der Waals surface area contributed by atoms with Crippen LogP contribution in [0.2, 0.25) is 0 Å². The van der Waals surface area contributed by atoms with E-state index in [4.69, 9.17) is 10.5 Å². The van der Waals surface area contributed by atoms with E-state index in [2.05, 4.69) is 5.32 Å². The molecule has 18 heavy (non-hydrogen) atoms. The molecule has 3 rings (SSSR count). The van der Waals surface area contributed by atoms with Crippen LogP contribution in [-0.2, 0) is 9.53 Å². The summed E-state index contributed by atoms with van der Waals surface area (Å²) in [5.74, 6) is -0.0426. The normalized spacial score (nSPS) is 35.6. The predicted octanol–water partition coefficient (Wildman–Crippen LogP) is -1.66. The van der Waals surface area contributed by atoms with E-state index in [0.29, 0.717) is 45.8 Å². The van der Waals surface area contributed by atoms with E-state index in [1.807, 2.05) is 0 Å². The number of carbonyl (C=O) groups is 2. The highest BCUT2D eigenvalue weighted by Crippen LogP contribution is 2.22. The quantitative estimate of drug-likeness (QED) is 0.586. The van der Waals surface area contributed by atoms with Gasteiger partial charge in [-0.3, -0.25) is 4.79 Å². The van der Waals surface area contributed by atoms with Crippen molar-refractivity contribution >= 4 is 11.9 Å². The molecule has 0 spiro atoms. The van der Waals surface area contributed by atoms with Gasteiger partial charge in [-0.15, -0.1) is 0 Å². The SMILES string of the molecule is NC1(C(=O)N2CCN3C(=O)NCC3C2)CCOC1. The van der Waals surface area contributed by atoms with Gasteiger partial charge >= 0.3 is 6.03 Å². The minimum absolute atomic E-state index is 0.0289. The Morgan fingerprint density at radius 1 is 1.50 bits per heavy atom. The number of fused-ring (bicyclic) bond motifs is 1. The highest BCUT2D eigenvalue weighted by Gasteiger charge is 2.44. The van der Waals surface area contributed by atoms with Crippen LogP contribution in [0.1, 0.15) is 6.42 Å². The molecule has 3 N–H and O–H groups in total. The highest BCUT2D eigenvalue weighted by atomic mass is 16.5. The van der Waals surface area contributed by atoms with Gasteiger partial charge in [-0.25, -0.2) is 4.79 Å². The van der Waals surface area contributed by atoms with E-state index in [9.17, 15) is 9.59 Å². The fourth-order valence-electron chi connectivity index (χ4n) is 2.85. The molecule has 0 aromatic carbocycles. The van der Waals surface area contributed by atoms with Crippen LogP contribution in [0.15, 0.2) is 0 Å². The van der Waals surface area contributed by atoms with Crippen LogP contribution in [0, 0.1) is 0 Å². The molecule has 3 amide bonds. The lowest BCUT2D eigenvalue weighted by Crippen LogP contribution is -2.62. The molecule has 0 radical (unpaired) electrons. The molecule has 3 saturated heterocycles. The lowest BCUT2D eigenvalue weighted by atomic mass is 9.97. The van der Waals surface area contributed by atoms with E-state index in [1.165, 1.54) is 0 Å². The second-order valence-electron chi connectivity index (χ2n) is 5.24. The summed E-state index contributed by atoms with van der Waals surface area (Å²) in [6.45, 7) is 3.16. The molecular formula is C11H18N4O3. The average molecular weight is 254 g/mol. The summed E-state index contributed by atoms with van der Waals surface area (Å²) in [5, 5.41) is 2.79. The molecule has 7 nitrogen and oxygen atoms in total. The number of nitrogens with one attached hydrogen (secondary N) is 1. The number of carbonyl (C=O) groups excluding carboxylic acids is 2. The molecule has 100 valence electrons. The van der Waals surface area contributed by atoms with Gasteiger partial charge in [0.15, 0.2) is 0 Å². The molecule has 3 fully saturated rings. The Morgan fingerprint density at radius 3 is 3.06 bits per heavy atom. The van der Waals surface area contributed by atoms with Gasteiger partial charge in [0.05, 0.1) is 12.6 Å². The van der Waals surface area contributed by atoms with Crippen molar-refractivity contribution in [3.8, 4) is 0 Å². The number of amides is 3. The number of piperazine rings is 1. The number of urea groups is 1. The minimum Gasteiger partial charge on any atom is -0.379 e. The van der Waals surface area contributed by atoms with Gasteiger partial charge in [0.2, 0.25) is 5.91 Å². The molecule has 7 heteroatoms. The van der Waals surface area contributed by atoms with E-state index < -0.39 is 5.54 Å². The maximum Gasteiger partial charge on any atom is 0.317 e. The average Bonchev–Trinajstić information content (AvgIpc) is 2.96. The maximum atomic E-state index is 12.4. The number of ether oxygens (including phenoxy) is 1. The first-order valence-corrected chi connectivity index (χ1v) is 6.31. The van der Waals surface area contributed by atoms with Crippen LogP contribution >= 0.6 is 0 Å². The van der Waals surface area contributed by atoms with Gasteiger partial charge in [-0.2, -0.15) is 0 Å². The first-order valence-electron chi connectivity index (χ1n) is 6.31. The number of hydrogen-bond acceptors (Lipinski definition) is 4. The van der Waals surface area contributed by atoms with Crippen LogP contribution in [0.25, 0.3) is 0 Å². The number of hydrogen-bond donors (Lipinski definition) is 2. The standard InChI is InChI=1S/C11H18N4O3/c12-11(1-4-18-7-11)9(16)14-2-3-15-8(6-14)5-13-10(15)17/h8H,1-7,12H2,(H,13,17). The molecule has 3 heterocycles. The molecule has 0 aromatic heterocycles. The lowest BCUT2D eigenvalue weighted by molar-refractivity contribution is -0.139. The van der Waals surface area contributed by atoms with Crippen LogP contribution in [0.5, 0.6) is 0 Å². The Bertz CT molecular complexity index is 380. The first kappa shape index (κ1) is 11.7. The van der Waals surface area contributed by atoms with Crippen molar-refractivity contribution in [1.82, 2.24) is 15.1 Å². The molecule has 0 bridgehead atoms. The van der Waals surface area contributed by atoms with Crippen molar-refractivity contribution in [3.63, 3.8) is 0 Å². The third kappa shape index (κ3) is 1.74. The Kier molecular flexibility index (Phi) is 2.67. The highest BCUT2D eigenvalue weighted by molar-refractivity contribution is 5.87. The molecule has 2 atom stereocenters. The Morgan fingerprint density at radius 2 is 2.33 bits per heavy atom. The van der Waals surface area contributed by atoms with Crippen molar-refractivity contribution in [2.75, 3.05) is 39.4 Å². The zero-order valence-corrected chi connectivity index (χ0v) is 10.2. The topological polar surface area (TPSA) is 87.9 Å². The van der Waals surface area contributed by atoms with Crippen LogP contribution in [-0.4, -0.2) is 72.7 Å². The summed E-state index contributed by atoms with van der Waals surface area (Å²) in [5.41, 5.74) is 5.22. The molecule has 3 aliphatic rings. The Hall–Kier alpha value is -1.34. The summed E-state index contributed by atoms with van der Waals surface area (Å²) in [4.78, 5) is 27.4. The second kappa shape index (κ2) is 4.10. The number of rotatable bonds is 1. The van der Waals surface area contributed by atoms with E-state index in [1.54, 1.807) is 9.80 Å². The van der Waals surface area contributed by atoms with Crippen LogP contribution in [0.3, 0.4) is 0 Å². The zero-order chi connectivity index (χ0) is 12.8. The summed E-state index contributed by atoms with van der Waals surface area (Å²) >= 11 is 0. The predicted molar refractivity (Wildman–Crippen MR) is 62.8 cm³/mol. The van der Waals surface area contributed by atoms with Crippen molar-refractivity contribution in [3.05, 3.63) is 0 Å². The zero-order valence-electron chi connectivity index (χ0n) is 10.2. The molecular weight excluding hydrogens is 236 g/mol. The summed E-state index contributed by atoms with van der Waals surface area (Å²) in [7, 11) is 0. The van der Waals surface area contributed by atoms with Crippen molar-refractivity contribution in [2.24, 2.45) is 5.73 Å². The molecule has 0 saturated carbocycles. The van der Waals surface area contributed by atoms with Crippen LogP contribution < -0.4 is 11.1 Å². The maximum absolute atomic E-state index is 12.4. The Balaban J connectivity index is 1.68. The second-order valence-corrected chi connectivity index (χ2v) is 5.24. The lowest BCUT2D eigenvalue weighted by Gasteiger charge is -2.39. The molecule has 2 unspecified atom stereocenters. The van der Waals surface area contributed by atoms with Gasteiger partial charge < -0.3 is 25.6 Å². The van der Waals surface area contributed by atoms with E-state index in [-0.39, 0.29) is 18.0 Å². The van der Waals surface area contributed by atoms with Gasteiger partial charge in [-0.1, -0.05) is 0 Å². The molecule has 3 aliphatic heterocycles. The van der Waals surface area contributed by atoms with Gasteiger partial charge in [-0.05, 0) is 6.42 Å². The summed E-state index contributed by atoms with van der Waals surface area (Å²) in [6.07, 6.45) is 0.577. The molecule has 0 aliphatic carbocycles. The fourth-order valence-corrected chi connectivity index (χ4v) is 2.85. The third-order valence-corrected chi connectivity index (χ3v) is 4.00. The van der Waals surface area contributed by atoms with Gasteiger partial charge in [0.25, 0.3) is 0 Å². The minimum atomic E-state index is -0.863. The smallest absolute Gasteiger partial charge is 0.317 e. The van der Waals surface area contributed by atoms with Gasteiger partial charge in [0.1, 0.15) is 5.54 Å². The van der Waals surface area contributed by atoms with Crippen molar-refractivity contribution in [1.29, 1.82) is 0 Å². The van der Waals surface area contributed by atoms with Crippen LogP contribution in [0.4, 0.5) is 4.79 Å². The van der Waals surface area contributed by atoms with Crippen molar-refractivity contribution < 1.29 is 14.3 Å². The monoisotopic (exact) mass is 254 g/mol. The number of nitrogens with zero attached hydrogens (tertiary/aromatic N) is 2. The Labute approximate surface area is 105 Å². The van der Waals surface area contributed by atoms with Gasteiger partial charge in [0, 0.05) is 32.8 Å². The number of nitrogens with two attached hydrogens (primary N) is 1. The van der Waals surface area contributed by atoms with Crippen molar-refractivity contribution in [2.45, 2.75) is 18.0 Å². The fraction of sp³-hybridized carbons (Fsp3) is 0.818. The van der Waals surface area contributed by atoms with E-state index in [0.717, 1.165) is 0 Å². The van der Waals surface area contributed by atoms with E-state index >= 15 is 0 Å². The largest absolute Gasteiger partial charge is 0.379 e. The third-order valence-electron chi connectivity index (χ3n) is 4.00.